The molecule has 1 fully saturated rings. The lowest BCUT2D eigenvalue weighted by molar-refractivity contribution is -0.122. The first-order valence-electron chi connectivity index (χ1n) is 6.21. The van der Waals surface area contributed by atoms with Gasteiger partial charge in [0.15, 0.2) is 5.82 Å². The number of aromatic nitrogens is 2. The fourth-order valence-electron chi connectivity index (χ4n) is 2.16. The van der Waals surface area contributed by atoms with Crippen molar-refractivity contribution in [2.24, 2.45) is 5.92 Å². The molecule has 0 saturated heterocycles. The van der Waals surface area contributed by atoms with Crippen LogP contribution in [-0.4, -0.2) is 22.5 Å². The van der Waals surface area contributed by atoms with Crippen molar-refractivity contribution < 1.29 is 14.1 Å². The van der Waals surface area contributed by atoms with Crippen LogP contribution >= 0.6 is 0 Å². The van der Waals surface area contributed by atoms with E-state index in [0.29, 0.717) is 24.9 Å². The SMILES string of the molecule is CCOCc1noc(CC(=O)C2CCCC2)n1. The average Bonchev–Trinajstić information content (AvgIpc) is 2.97. The zero-order valence-corrected chi connectivity index (χ0v) is 10.1. The molecule has 1 saturated carbocycles. The number of carbonyl (C=O) groups is 1. The van der Waals surface area contributed by atoms with Crippen molar-refractivity contribution in [3.8, 4) is 0 Å². The summed E-state index contributed by atoms with van der Waals surface area (Å²) in [5, 5.41) is 3.77. The Bertz CT molecular complexity index is 370. The molecule has 0 N–H and O–H groups in total. The van der Waals surface area contributed by atoms with Gasteiger partial charge in [0.05, 0.1) is 6.42 Å². The van der Waals surface area contributed by atoms with Crippen LogP contribution in [0.2, 0.25) is 0 Å². The van der Waals surface area contributed by atoms with Crippen LogP contribution in [0.4, 0.5) is 0 Å². The number of hydrogen-bond donors (Lipinski definition) is 0. The topological polar surface area (TPSA) is 65.2 Å². The molecule has 0 aromatic carbocycles. The summed E-state index contributed by atoms with van der Waals surface area (Å²) in [5.74, 6) is 1.36. The lowest BCUT2D eigenvalue weighted by Crippen LogP contribution is -2.13. The van der Waals surface area contributed by atoms with Gasteiger partial charge in [-0.3, -0.25) is 4.79 Å². The van der Waals surface area contributed by atoms with Crippen molar-refractivity contribution in [3.05, 3.63) is 11.7 Å². The number of Topliss-reactive ketones (excluding diaryl/α,β-unsaturated/α-hetero) is 1. The fraction of sp³-hybridized carbons (Fsp3) is 0.750. The Labute approximate surface area is 101 Å². The van der Waals surface area contributed by atoms with E-state index in [1.807, 2.05) is 6.92 Å². The van der Waals surface area contributed by atoms with Gasteiger partial charge < -0.3 is 9.26 Å². The molecular weight excluding hydrogens is 220 g/mol. The number of ether oxygens (including phenoxy) is 1. The standard InChI is InChI=1S/C12H18N2O3/c1-2-16-8-11-13-12(17-14-11)7-10(15)9-5-3-4-6-9/h9H,2-8H2,1H3. The van der Waals surface area contributed by atoms with E-state index in [1.165, 1.54) is 0 Å². The highest BCUT2D eigenvalue weighted by atomic mass is 16.5. The Balaban J connectivity index is 1.85. The van der Waals surface area contributed by atoms with E-state index in [2.05, 4.69) is 10.1 Å². The van der Waals surface area contributed by atoms with Gasteiger partial charge in [0.2, 0.25) is 5.89 Å². The third-order valence-electron chi connectivity index (χ3n) is 3.08. The molecule has 1 heterocycles. The predicted octanol–water partition coefficient (Wildman–Crippen LogP) is 1.91. The molecule has 2 rings (SSSR count). The molecule has 0 atom stereocenters. The second-order valence-electron chi connectivity index (χ2n) is 4.37. The molecule has 0 amide bonds. The minimum Gasteiger partial charge on any atom is -0.374 e. The Hall–Kier alpha value is -1.23. The van der Waals surface area contributed by atoms with Gasteiger partial charge in [-0.25, -0.2) is 0 Å². The van der Waals surface area contributed by atoms with Crippen molar-refractivity contribution in [2.45, 2.75) is 45.6 Å². The Morgan fingerprint density at radius 3 is 2.94 bits per heavy atom. The molecule has 1 aromatic rings. The summed E-state index contributed by atoms with van der Waals surface area (Å²) < 4.78 is 10.2. The van der Waals surface area contributed by atoms with Crippen LogP contribution in [0.15, 0.2) is 4.52 Å². The highest BCUT2D eigenvalue weighted by Gasteiger charge is 2.24. The maximum absolute atomic E-state index is 11.9. The Kier molecular flexibility index (Phi) is 4.25. The molecule has 0 aliphatic heterocycles. The summed E-state index contributed by atoms with van der Waals surface area (Å²) in [6.07, 6.45) is 4.62. The van der Waals surface area contributed by atoms with Crippen molar-refractivity contribution in [3.63, 3.8) is 0 Å². The largest absolute Gasteiger partial charge is 0.374 e. The molecule has 1 aliphatic carbocycles. The zero-order chi connectivity index (χ0) is 12.1. The van der Waals surface area contributed by atoms with E-state index in [0.717, 1.165) is 25.7 Å². The quantitative estimate of drug-likeness (QED) is 0.757. The number of rotatable bonds is 6. The zero-order valence-electron chi connectivity index (χ0n) is 10.1. The van der Waals surface area contributed by atoms with E-state index < -0.39 is 0 Å². The van der Waals surface area contributed by atoms with Crippen LogP contribution in [0.25, 0.3) is 0 Å². The average molecular weight is 238 g/mol. The van der Waals surface area contributed by atoms with Crippen LogP contribution in [-0.2, 0) is 22.6 Å². The Morgan fingerprint density at radius 2 is 2.24 bits per heavy atom. The smallest absolute Gasteiger partial charge is 0.234 e. The summed E-state index contributed by atoms with van der Waals surface area (Å²) in [6, 6.07) is 0. The van der Waals surface area contributed by atoms with E-state index in [1.54, 1.807) is 0 Å². The molecule has 5 heteroatoms. The van der Waals surface area contributed by atoms with Crippen LogP contribution in [0, 0.1) is 5.92 Å². The van der Waals surface area contributed by atoms with E-state index in [-0.39, 0.29) is 18.1 Å². The van der Waals surface area contributed by atoms with Gasteiger partial charge in [-0.1, -0.05) is 18.0 Å². The van der Waals surface area contributed by atoms with Crippen molar-refractivity contribution in [1.82, 2.24) is 10.1 Å². The molecule has 0 unspecified atom stereocenters. The highest BCUT2D eigenvalue weighted by Crippen LogP contribution is 2.26. The molecule has 0 radical (unpaired) electrons. The summed E-state index contributed by atoms with van der Waals surface area (Å²) >= 11 is 0. The highest BCUT2D eigenvalue weighted by molar-refractivity contribution is 5.82. The fourth-order valence-corrected chi connectivity index (χ4v) is 2.16. The van der Waals surface area contributed by atoms with Gasteiger partial charge in [-0.05, 0) is 19.8 Å². The first-order chi connectivity index (χ1) is 8.29. The lowest BCUT2D eigenvalue weighted by atomic mass is 10.0. The van der Waals surface area contributed by atoms with E-state index >= 15 is 0 Å². The van der Waals surface area contributed by atoms with Gasteiger partial charge in [-0.15, -0.1) is 0 Å². The molecule has 1 aliphatic rings. The summed E-state index contributed by atoms with van der Waals surface area (Å²) in [4.78, 5) is 16.0. The molecule has 1 aromatic heterocycles. The minimum absolute atomic E-state index is 0.206. The molecule has 0 bridgehead atoms. The van der Waals surface area contributed by atoms with Gasteiger partial charge in [0.1, 0.15) is 12.4 Å². The monoisotopic (exact) mass is 238 g/mol. The Morgan fingerprint density at radius 1 is 1.47 bits per heavy atom. The third kappa shape index (κ3) is 3.36. The van der Waals surface area contributed by atoms with Crippen molar-refractivity contribution in [2.75, 3.05) is 6.61 Å². The summed E-state index contributed by atoms with van der Waals surface area (Å²) in [6.45, 7) is 2.87. The molecule has 17 heavy (non-hydrogen) atoms. The van der Waals surface area contributed by atoms with Crippen molar-refractivity contribution in [1.29, 1.82) is 0 Å². The van der Waals surface area contributed by atoms with E-state index in [4.69, 9.17) is 9.26 Å². The normalized spacial score (nSPS) is 16.5. The van der Waals surface area contributed by atoms with Crippen molar-refractivity contribution >= 4 is 5.78 Å². The van der Waals surface area contributed by atoms with Crippen LogP contribution in [0.3, 0.4) is 0 Å². The number of hydrogen-bond acceptors (Lipinski definition) is 5. The van der Waals surface area contributed by atoms with Crippen LogP contribution in [0.1, 0.15) is 44.3 Å². The number of nitrogens with zero attached hydrogens (tertiary/aromatic N) is 2. The maximum atomic E-state index is 11.9. The number of ketones is 1. The maximum Gasteiger partial charge on any atom is 0.234 e. The molecule has 94 valence electrons. The second kappa shape index (κ2) is 5.91. The van der Waals surface area contributed by atoms with Gasteiger partial charge >= 0.3 is 0 Å². The first kappa shape index (κ1) is 12.2. The minimum atomic E-state index is 0.206. The first-order valence-corrected chi connectivity index (χ1v) is 6.21. The number of carbonyl (C=O) groups excluding carboxylic acids is 1. The molecule has 0 spiro atoms. The predicted molar refractivity (Wildman–Crippen MR) is 60.3 cm³/mol. The summed E-state index contributed by atoms with van der Waals surface area (Å²) in [5.41, 5.74) is 0. The van der Waals surface area contributed by atoms with E-state index in [9.17, 15) is 4.79 Å². The van der Waals surface area contributed by atoms with Crippen LogP contribution in [0.5, 0.6) is 0 Å². The van der Waals surface area contributed by atoms with Crippen LogP contribution < -0.4 is 0 Å². The summed E-state index contributed by atoms with van der Waals surface area (Å²) in [7, 11) is 0. The van der Waals surface area contributed by atoms with Gasteiger partial charge in [0, 0.05) is 12.5 Å². The molecule has 5 nitrogen and oxygen atoms in total. The third-order valence-corrected chi connectivity index (χ3v) is 3.08. The molecular formula is C12H18N2O3. The lowest BCUT2D eigenvalue weighted by Gasteiger charge is -2.04. The van der Waals surface area contributed by atoms with Gasteiger partial charge in [0.25, 0.3) is 0 Å². The van der Waals surface area contributed by atoms with Gasteiger partial charge in [-0.2, -0.15) is 4.98 Å². The second-order valence-corrected chi connectivity index (χ2v) is 4.37.